The first-order valence-corrected chi connectivity index (χ1v) is 8.98. The summed E-state index contributed by atoms with van der Waals surface area (Å²) in [6.45, 7) is 2.36. The average molecular weight is 319 g/mol. The van der Waals surface area contributed by atoms with E-state index in [1.165, 1.54) is 7.11 Å². The van der Waals surface area contributed by atoms with Crippen molar-refractivity contribution >= 4 is 21.8 Å². The number of benzene rings is 1. The summed E-state index contributed by atoms with van der Waals surface area (Å²) in [6, 6.07) is 5.06. The Balaban J connectivity index is 2.62. The highest BCUT2D eigenvalue weighted by Crippen LogP contribution is 2.24. The minimum Gasteiger partial charge on any atom is -0.495 e. The van der Waals surface area contributed by atoms with E-state index in [-0.39, 0.29) is 11.5 Å². The molecule has 5 nitrogen and oxygen atoms in total. The van der Waals surface area contributed by atoms with E-state index in [9.17, 15) is 8.42 Å². The number of sulfonamides is 1. The summed E-state index contributed by atoms with van der Waals surface area (Å²) < 4.78 is 32.1. The lowest BCUT2D eigenvalue weighted by Gasteiger charge is -2.11. The Hall–Kier alpha value is -0.760. The van der Waals surface area contributed by atoms with Crippen molar-refractivity contribution in [3.05, 3.63) is 23.8 Å². The van der Waals surface area contributed by atoms with Crippen LogP contribution in [0, 0.1) is 6.92 Å². The van der Waals surface area contributed by atoms with Gasteiger partial charge in [0.25, 0.3) is 0 Å². The number of aliphatic hydroxyl groups is 1. The van der Waals surface area contributed by atoms with Crippen LogP contribution in [-0.4, -0.2) is 45.3 Å². The Morgan fingerprint density at radius 1 is 1.35 bits per heavy atom. The van der Waals surface area contributed by atoms with Crippen molar-refractivity contribution in [1.29, 1.82) is 0 Å². The molecule has 1 rings (SSSR count). The van der Waals surface area contributed by atoms with Gasteiger partial charge in [-0.3, -0.25) is 0 Å². The predicted octanol–water partition coefficient (Wildman–Crippen LogP) is 1.40. The first-order valence-electron chi connectivity index (χ1n) is 6.34. The Morgan fingerprint density at radius 2 is 2.10 bits per heavy atom. The van der Waals surface area contributed by atoms with E-state index in [2.05, 4.69) is 4.72 Å². The molecule has 1 aromatic rings. The first kappa shape index (κ1) is 17.3. The number of hydrogen-bond acceptors (Lipinski definition) is 5. The van der Waals surface area contributed by atoms with Crippen molar-refractivity contribution in [3.8, 4) is 5.75 Å². The van der Waals surface area contributed by atoms with Crippen LogP contribution in [0.3, 0.4) is 0 Å². The zero-order valence-electron chi connectivity index (χ0n) is 11.8. The van der Waals surface area contributed by atoms with Gasteiger partial charge in [0, 0.05) is 18.9 Å². The molecule has 1 aromatic carbocycles. The smallest absolute Gasteiger partial charge is 0.244 e. The van der Waals surface area contributed by atoms with Gasteiger partial charge in [-0.1, -0.05) is 6.07 Å². The molecule has 0 radical (unpaired) electrons. The predicted molar refractivity (Wildman–Crippen MR) is 81.9 cm³/mol. The van der Waals surface area contributed by atoms with E-state index < -0.39 is 10.0 Å². The molecule has 0 bridgehead atoms. The summed E-state index contributed by atoms with van der Waals surface area (Å²) in [5.74, 6) is 1.84. The second-order valence-corrected chi connectivity index (χ2v) is 7.20. The molecule has 7 heteroatoms. The van der Waals surface area contributed by atoms with Gasteiger partial charge < -0.3 is 9.84 Å². The van der Waals surface area contributed by atoms with Crippen molar-refractivity contribution in [2.24, 2.45) is 0 Å². The molecular weight excluding hydrogens is 298 g/mol. The van der Waals surface area contributed by atoms with Crippen LogP contribution in [-0.2, 0) is 10.0 Å². The fourth-order valence-electron chi connectivity index (χ4n) is 1.59. The summed E-state index contributed by atoms with van der Waals surface area (Å²) in [7, 11) is -2.10. The number of methoxy groups -OCH3 is 1. The van der Waals surface area contributed by atoms with Gasteiger partial charge in [-0.05, 0) is 36.8 Å². The molecule has 0 atom stereocenters. The van der Waals surface area contributed by atoms with Crippen molar-refractivity contribution < 1.29 is 18.3 Å². The van der Waals surface area contributed by atoms with E-state index in [1.54, 1.807) is 23.9 Å². The highest BCUT2D eigenvalue weighted by atomic mass is 32.2. The number of ether oxygens (including phenoxy) is 1. The van der Waals surface area contributed by atoms with Crippen molar-refractivity contribution in [1.82, 2.24) is 4.72 Å². The van der Waals surface area contributed by atoms with E-state index in [4.69, 9.17) is 9.84 Å². The molecule has 2 N–H and O–H groups in total. The number of nitrogens with one attached hydrogen (secondary N) is 1. The number of aryl methyl sites for hydroxylation is 1. The van der Waals surface area contributed by atoms with Crippen molar-refractivity contribution in [2.75, 3.05) is 31.8 Å². The molecule has 20 heavy (non-hydrogen) atoms. The molecule has 0 aliphatic rings. The molecular formula is C13H21NO4S2. The molecule has 0 saturated carbocycles. The maximum Gasteiger partial charge on any atom is 0.244 e. The molecule has 0 aliphatic carbocycles. The van der Waals surface area contributed by atoms with Crippen LogP contribution in [0.15, 0.2) is 23.1 Å². The van der Waals surface area contributed by atoms with Gasteiger partial charge in [-0.2, -0.15) is 11.8 Å². The average Bonchev–Trinajstić information content (AvgIpc) is 2.42. The highest BCUT2D eigenvalue weighted by molar-refractivity contribution is 7.99. The number of hydrogen-bond donors (Lipinski definition) is 2. The number of aliphatic hydroxyl groups excluding tert-OH is 1. The Labute approximate surface area is 124 Å². The fraction of sp³-hybridized carbons (Fsp3) is 0.538. The quantitative estimate of drug-likeness (QED) is 0.673. The minimum absolute atomic E-state index is 0.166. The van der Waals surface area contributed by atoms with Crippen molar-refractivity contribution in [3.63, 3.8) is 0 Å². The van der Waals surface area contributed by atoms with Crippen LogP contribution >= 0.6 is 11.8 Å². The van der Waals surface area contributed by atoms with Crippen LogP contribution in [0.5, 0.6) is 5.75 Å². The van der Waals surface area contributed by atoms with Gasteiger partial charge in [0.1, 0.15) is 10.6 Å². The van der Waals surface area contributed by atoms with E-state index >= 15 is 0 Å². The highest BCUT2D eigenvalue weighted by Gasteiger charge is 2.18. The zero-order valence-corrected chi connectivity index (χ0v) is 13.4. The normalized spacial score (nSPS) is 11.6. The SMILES string of the molecule is COc1ccc(C)cc1S(=O)(=O)NCCSCCCO. The second-order valence-electron chi connectivity index (χ2n) is 4.24. The van der Waals surface area contributed by atoms with Gasteiger partial charge in [-0.25, -0.2) is 13.1 Å². The van der Waals surface area contributed by atoms with Crippen LogP contribution in [0.2, 0.25) is 0 Å². The van der Waals surface area contributed by atoms with E-state index in [1.807, 2.05) is 13.0 Å². The Kier molecular flexibility index (Phi) is 7.36. The molecule has 0 unspecified atom stereocenters. The maximum absolute atomic E-state index is 12.2. The molecule has 0 amide bonds. The summed E-state index contributed by atoms with van der Waals surface area (Å²) >= 11 is 1.61. The fourth-order valence-corrected chi connectivity index (χ4v) is 3.79. The van der Waals surface area contributed by atoms with E-state index in [0.717, 1.165) is 17.7 Å². The third-order valence-corrected chi connectivity index (χ3v) is 5.15. The van der Waals surface area contributed by atoms with Gasteiger partial charge in [0.2, 0.25) is 10.0 Å². The number of thioether (sulfide) groups is 1. The molecule has 0 aliphatic heterocycles. The minimum atomic E-state index is -3.56. The molecule has 0 spiro atoms. The largest absolute Gasteiger partial charge is 0.495 e. The lowest BCUT2D eigenvalue weighted by Crippen LogP contribution is -2.26. The third kappa shape index (κ3) is 5.32. The lowest BCUT2D eigenvalue weighted by molar-refractivity contribution is 0.296. The van der Waals surface area contributed by atoms with Gasteiger partial charge in [0.15, 0.2) is 0 Å². The lowest BCUT2D eigenvalue weighted by atomic mass is 10.2. The summed E-state index contributed by atoms with van der Waals surface area (Å²) in [5.41, 5.74) is 0.864. The van der Waals surface area contributed by atoms with Crippen LogP contribution < -0.4 is 9.46 Å². The first-order chi connectivity index (χ1) is 9.51. The van der Waals surface area contributed by atoms with E-state index in [0.29, 0.717) is 18.0 Å². The monoisotopic (exact) mass is 319 g/mol. The molecule has 0 heterocycles. The molecule has 114 valence electrons. The van der Waals surface area contributed by atoms with Crippen molar-refractivity contribution in [2.45, 2.75) is 18.2 Å². The summed E-state index contributed by atoms with van der Waals surface area (Å²) in [5, 5.41) is 8.65. The third-order valence-electron chi connectivity index (χ3n) is 2.59. The second kappa shape index (κ2) is 8.51. The van der Waals surface area contributed by atoms with Crippen LogP contribution in [0.25, 0.3) is 0 Å². The number of rotatable bonds is 9. The zero-order chi connectivity index (χ0) is 15.0. The standard InChI is InChI=1S/C13H21NO4S2/c1-11-4-5-12(18-2)13(10-11)20(16,17)14-6-9-19-8-3-7-15/h4-5,10,14-15H,3,6-9H2,1-2H3. The van der Waals surface area contributed by atoms with Crippen LogP contribution in [0.1, 0.15) is 12.0 Å². The Bertz CT molecular complexity index is 517. The topological polar surface area (TPSA) is 75.6 Å². The van der Waals surface area contributed by atoms with Gasteiger partial charge in [0.05, 0.1) is 7.11 Å². The molecule has 0 fully saturated rings. The molecule has 0 saturated heterocycles. The van der Waals surface area contributed by atoms with Gasteiger partial charge in [-0.15, -0.1) is 0 Å². The van der Waals surface area contributed by atoms with Crippen LogP contribution in [0.4, 0.5) is 0 Å². The Morgan fingerprint density at radius 3 is 2.75 bits per heavy atom. The molecule has 0 aromatic heterocycles. The maximum atomic E-state index is 12.2. The summed E-state index contributed by atoms with van der Waals surface area (Å²) in [4.78, 5) is 0.167. The summed E-state index contributed by atoms with van der Waals surface area (Å²) in [6.07, 6.45) is 0.725. The van der Waals surface area contributed by atoms with Gasteiger partial charge >= 0.3 is 0 Å².